The molecule has 0 atom stereocenters. The zero-order valence-electron chi connectivity index (χ0n) is 20.7. The lowest BCUT2D eigenvalue weighted by atomic mass is 10.0. The number of guanidine groups is 1. The SMILES string of the molecule is CCN(CC)CCCNC(=NC)N1CCC(N(CC2CC2)C(=O)OC(C)(C)C)CC1.I. The molecular formula is C23H46IN5O2. The van der Waals surface area contributed by atoms with E-state index in [1.807, 2.05) is 32.7 Å². The van der Waals surface area contributed by atoms with Crippen molar-refractivity contribution in [3.05, 3.63) is 0 Å². The van der Waals surface area contributed by atoms with Crippen molar-refractivity contribution < 1.29 is 9.53 Å². The highest BCUT2D eigenvalue weighted by atomic mass is 127. The largest absolute Gasteiger partial charge is 0.444 e. The van der Waals surface area contributed by atoms with Gasteiger partial charge >= 0.3 is 6.09 Å². The molecule has 8 heteroatoms. The van der Waals surface area contributed by atoms with Gasteiger partial charge in [0.1, 0.15) is 5.60 Å². The second kappa shape index (κ2) is 13.7. The summed E-state index contributed by atoms with van der Waals surface area (Å²) in [5.74, 6) is 1.65. The number of carbonyl (C=O) groups excluding carboxylic acids is 1. The smallest absolute Gasteiger partial charge is 0.410 e. The first-order valence-electron chi connectivity index (χ1n) is 11.9. The fraction of sp³-hybridized carbons (Fsp3) is 0.913. The second-order valence-corrected chi connectivity index (χ2v) is 9.65. The van der Waals surface area contributed by atoms with Crippen molar-refractivity contribution >= 4 is 36.0 Å². The van der Waals surface area contributed by atoms with E-state index in [2.05, 4.69) is 34.0 Å². The molecule has 2 fully saturated rings. The van der Waals surface area contributed by atoms with Crippen LogP contribution in [0.4, 0.5) is 4.79 Å². The van der Waals surface area contributed by atoms with Crippen molar-refractivity contribution in [3.8, 4) is 0 Å². The van der Waals surface area contributed by atoms with Crippen molar-refractivity contribution in [3.63, 3.8) is 0 Å². The summed E-state index contributed by atoms with van der Waals surface area (Å²) in [5, 5.41) is 3.53. The predicted molar refractivity (Wildman–Crippen MR) is 139 cm³/mol. The van der Waals surface area contributed by atoms with E-state index >= 15 is 0 Å². The standard InChI is InChI=1S/C23H45N5O2.HI/c1-7-26(8-2)15-9-14-25-21(24-6)27-16-12-20(13-17-27)28(18-19-10-11-19)22(29)30-23(3,4)5;/h19-20H,7-18H2,1-6H3,(H,24,25);1H. The summed E-state index contributed by atoms with van der Waals surface area (Å²) in [4.78, 5) is 24.1. The highest BCUT2D eigenvalue weighted by Gasteiger charge is 2.35. The minimum atomic E-state index is -0.448. The molecule has 2 aliphatic rings. The van der Waals surface area contributed by atoms with Gasteiger partial charge in [-0.05, 0) is 78.4 Å². The molecule has 1 amide bonds. The summed E-state index contributed by atoms with van der Waals surface area (Å²) < 4.78 is 5.71. The number of amides is 1. The van der Waals surface area contributed by atoms with Crippen LogP contribution >= 0.6 is 24.0 Å². The summed E-state index contributed by atoms with van der Waals surface area (Å²) in [6.45, 7) is 17.2. The molecule has 0 unspecified atom stereocenters. The molecule has 1 heterocycles. The van der Waals surface area contributed by atoms with Gasteiger partial charge in [0.25, 0.3) is 0 Å². The topological polar surface area (TPSA) is 60.4 Å². The number of piperidine rings is 1. The maximum Gasteiger partial charge on any atom is 0.410 e. The van der Waals surface area contributed by atoms with Gasteiger partial charge in [0.15, 0.2) is 5.96 Å². The van der Waals surface area contributed by atoms with Crippen LogP contribution in [-0.2, 0) is 4.74 Å². The van der Waals surface area contributed by atoms with Gasteiger partial charge in [-0.3, -0.25) is 4.99 Å². The van der Waals surface area contributed by atoms with Crippen LogP contribution in [0.2, 0.25) is 0 Å². The molecule has 1 saturated heterocycles. The molecule has 7 nitrogen and oxygen atoms in total. The van der Waals surface area contributed by atoms with Gasteiger partial charge in [-0.25, -0.2) is 4.79 Å². The van der Waals surface area contributed by atoms with Crippen molar-refractivity contribution in [1.29, 1.82) is 0 Å². The number of rotatable bonds is 9. The van der Waals surface area contributed by atoms with Crippen molar-refractivity contribution in [2.75, 3.05) is 52.9 Å². The molecule has 0 aromatic carbocycles. The van der Waals surface area contributed by atoms with E-state index in [4.69, 9.17) is 4.74 Å². The van der Waals surface area contributed by atoms with Crippen LogP contribution in [0.15, 0.2) is 4.99 Å². The lowest BCUT2D eigenvalue weighted by Gasteiger charge is -2.40. The highest BCUT2D eigenvalue weighted by molar-refractivity contribution is 14.0. The van der Waals surface area contributed by atoms with E-state index in [0.717, 1.165) is 71.0 Å². The number of aliphatic imine (C=N–C) groups is 1. The minimum Gasteiger partial charge on any atom is -0.444 e. The Morgan fingerprint density at radius 3 is 2.23 bits per heavy atom. The number of nitrogens with zero attached hydrogens (tertiary/aromatic N) is 4. The quantitative estimate of drug-likeness (QED) is 0.203. The third kappa shape index (κ3) is 10.1. The Morgan fingerprint density at radius 1 is 1.13 bits per heavy atom. The highest BCUT2D eigenvalue weighted by Crippen LogP contribution is 2.32. The average Bonchev–Trinajstić information content (AvgIpc) is 3.52. The van der Waals surface area contributed by atoms with E-state index in [-0.39, 0.29) is 36.1 Å². The molecule has 2 rings (SSSR count). The van der Waals surface area contributed by atoms with Gasteiger partial charge in [-0.1, -0.05) is 13.8 Å². The molecule has 31 heavy (non-hydrogen) atoms. The average molecular weight is 552 g/mol. The Hall–Kier alpha value is -0.770. The van der Waals surface area contributed by atoms with E-state index in [0.29, 0.717) is 5.92 Å². The van der Waals surface area contributed by atoms with E-state index in [1.165, 1.54) is 12.8 Å². The third-order valence-corrected chi connectivity index (χ3v) is 6.03. The summed E-state index contributed by atoms with van der Waals surface area (Å²) in [7, 11) is 1.86. The fourth-order valence-electron chi connectivity index (χ4n) is 4.04. The summed E-state index contributed by atoms with van der Waals surface area (Å²) in [6, 6.07) is 0.262. The Labute approximate surface area is 207 Å². The molecule has 0 bridgehead atoms. The number of carbonyl (C=O) groups is 1. The maximum atomic E-state index is 12.8. The Balaban J connectivity index is 0.00000480. The molecule has 0 radical (unpaired) electrons. The molecule has 1 N–H and O–H groups in total. The zero-order valence-corrected chi connectivity index (χ0v) is 23.0. The van der Waals surface area contributed by atoms with Crippen LogP contribution in [0.25, 0.3) is 0 Å². The van der Waals surface area contributed by atoms with E-state index < -0.39 is 5.60 Å². The number of hydrogen-bond acceptors (Lipinski definition) is 4. The van der Waals surface area contributed by atoms with Crippen LogP contribution in [0, 0.1) is 5.92 Å². The fourth-order valence-corrected chi connectivity index (χ4v) is 4.04. The first-order valence-corrected chi connectivity index (χ1v) is 11.9. The minimum absolute atomic E-state index is 0. The number of likely N-dealkylation sites (tertiary alicyclic amines) is 1. The van der Waals surface area contributed by atoms with Crippen LogP contribution in [0.5, 0.6) is 0 Å². The van der Waals surface area contributed by atoms with Gasteiger partial charge in [-0.2, -0.15) is 0 Å². The summed E-state index contributed by atoms with van der Waals surface area (Å²) in [5.41, 5.74) is -0.448. The van der Waals surface area contributed by atoms with Crippen LogP contribution < -0.4 is 5.32 Å². The molecule has 0 spiro atoms. The van der Waals surface area contributed by atoms with E-state index in [1.54, 1.807) is 0 Å². The molecule has 0 aromatic heterocycles. The molecule has 0 aromatic rings. The predicted octanol–water partition coefficient (Wildman–Crippen LogP) is 4.02. The Bertz CT molecular complexity index is 551. The number of hydrogen-bond donors (Lipinski definition) is 1. The zero-order chi connectivity index (χ0) is 22.1. The van der Waals surface area contributed by atoms with Gasteiger partial charge in [-0.15, -0.1) is 24.0 Å². The first-order chi connectivity index (χ1) is 14.3. The lowest BCUT2D eigenvalue weighted by molar-refractivity contribution is 0.00928. The van der Waals surface area contributed by atoms with Gasteiger partial charge in [0.2, 0.25) is 0 Å². The molecule has 1 aliphatic carbocycles. The summed E-state index contributed by atoms with van der Waals surface area (Å²) in [6.07, 6.45) is 5.37. The Morgan fingerprint density at radius 2 is 1.74 bits per heavy atom. The molecule has 182 valence electrons. The van der Waals surface area contributed by atoms with Crippen LogP contribution in [-0.4, -0.2) is 91.3 Å². The van der Waals surface area contributed by atoms with E-state index in [9.17, 15) is 4.79 Å². The Kier molecular flexibility index (Phi) is 12.5. The first kappa shape index (κ1) is 28.3. The molecule has 1 saturated carbocycles. The van der Waals surface area contributed by atoms with Gasteiger partial charge < -0.3 is 24.8 Å². The number of halogens is 1. The molecular weight excluding hydrogens is 505 g/mol. The lowest BCUT2D eigenvalue weighted by Crippen LogP contribution is -2.52. The summed E-state index contributed by atoms with van der Waals surface area (Å²) >= 11 is 0. The normalized spacial score (nSPS) is 18.0. The van der Waals surface area contributed by atoms with Crippen LogP contribution in [0.3, 0.4) is 0 Å². The molecule has 1 aliphatic heterocycles. The van der Waals surface area contributed by atoms with Gasteiger partial charge in [0, 0.05) is 39.3 Å². The van der Waals surface area contributed by atoms with Crippen LogP contribution in [0.1, 0.15) is 66.7 Å². The maximum absolute atomic E-state index is 12.8. The van der Waals surface area contributed by atoms with Crippen molar-refractivity contribution in [1.82, 2.24) is 20.0 Å². The van der Waals surface area contributed by atoms with Crippen molar-refractivity contribution in [2.24, 2.45) is 10.9 Å². The number of ether oxygens (including phenoxy) is 1. The van der Waals surface area contributed by atoms with Gasteiger partial charge in [0.05, 0.1) is 0 Å². The number of nitrogens with one attached hydrogen (secondary N) is 1. The third-order valence-electron chi connectivity index (χ3n) is 6.03. The van der Waals surface area contributed by atoms with Crippen molar-refractivity contribution in [2.45, 2.75) is 78.4 Å². The monoisotopic (exact) mass is 551 g/mol. The second-order valence-electron chi connectivity index (χ2n) is 9.65.